The van der Waals surface area contributed by atoms with E-state index in [2.05, 4.69) is 13.5 Å². The van der Waals surface area contributed by atoms with Crippen LogP contribution in [0.15, 0.2) is 12.7 Å². The Morgan fingerprint density at radius 2 is 1.23 bits per heavy atom. The van der Waals surface area contributed by atoms with Crippen LogP contribution >= 0.6 is 0 Å². The van der Waals surface area contributed by atoms with Crippen molar-refractivity contribution >= 4 is 5.97 Å². The molecule has 0 aromatic carbocycles. The van der Waals surface area contributed by atoms with Crippen LogP contribution < -0.4 is 0 Å². The normalized spacial score (nSPS) is 12.1. The van der Waals surface area contributed by atoms with Gasteiger partial charge in [0.15, 0.2) is 0 Å². The largest absolute Gasteiger partial charge is 0.459 e. The molecule has 0 rings (SSSR count). The number of halogens is 1. The Balaban J connectivity index is 3.65. The molecular weight excluding hydrogens is 327 g/mol. The van der Waals surface area contributed by atoms with E-state index in [-0.39, 0.29) is 18.7 Å². The number of unbranched alkanes of at least 4 members (excludes halogenated alkanes) is 13. The van der Waals surface area contributed by atoms with Crippen molar-refractivity contribution in [2.75, 3.05) is 6.67 Å². The number of carbonyl (C=O) groups excluding carboxylic acids is 1. The van der Waals surface area contributed by atoms with E-state index < -0.39 is 0 Å². The van der Waals surface area contributed by atoms with E-state index in [0.29, 0.717) is 6.42 Å². The average molecular weight is 371 g/mol. The van der Waals surface area contributed by atoms with Crippen LogP contribution in [0.2, 0.25) is 0 Å². The fraction of sp³-hybridized carbons (Fsp3) is 0.870. The second kappa shape index (κ2) is 20.5. The molecule has 0 heterocycles. The zero-order valence-corrected chi connectivity index (χ0v) is 17.3. The molecule has 0 amide bonds. The minimum Gasteiger partial charge on any atom is -0.459 e. The van der Waals surface area contributed by atoms with Gasteiger partial charge in [0.2, 0.25) is 0 Å². The summed E-state index contributed by atoms with van der Waals surface area (Å²) in [5, 5.41) is 0. The second-order valence-electron chi connectivity index (χ2n) is 7.48. The van der Waals surface area contributed by atoms with Crippen molar-refractivity contribution in [2.24, 2.45) is 0 Å². The quantitative estimate of drug-likeness (QED) is 0.125. The molecule has 0 radical (unpaired) electrons. The topological polar surface area (TPSA) is 26.3 Å². The molecule has 0 aliphatic rings. The van der Waals surface area contributed by atoms with E-state index >= 15 is 0 Å². The van der Waals surface area contributed by atoms with Gasteiger partial charge in [-0.2, -0.15) is 0 Å². The number of hydrogen-bond donors (Lipinski definition) is 0. The van der Waals surface area contributed by atoms with Gasteiger partial charge < -0.3 is 4.74 Å². The van der Waals surface area contributed by atoms with Gasteiger partial charge in [-0.05, 0) is 32.1 Å². The third-order valence-electron chi connectivity index (χ3n) is 4.99. The van der Waals surface area contributed by atoms with Gasteiger partial charge in [-0.15, -0.1) is 0 Å². The van der Waals surface area contributed by atoms with Crippen LogP contribution in [0, 0.1) is 0 Å². The molecule has 1 atom stereocenters. The first-order valence-corrected chi connectivity index (χ1v) is 11.1. The van der Waals surface area contributed by atoms with Crippen LogP contribution in [0.5, 0.6) is 0 Å². The summed E-state index contributed by atoms with van der Waals surface area (Å²) >= 11 is 0. The summed E-state index contributed by atoms with van der Waals surface area (Å²) in [6.45, 7) is 5.51. The van der Waals surface area contributed by atoms with Gasteiger partial charge in [0, 0.05) is 6.08 Å². The van der Waals surface area contributed by atoms with Crippen molar-refractivity contribution in [1.29, 1.82) is 0 Å². The minimum absolute atomic E-state index is 0.00411. The molecule has 0 aromatic heterocycles. The van der Waals surface area contributed by atoms with Gasteiger partial charge in [-0.25, -0.2) is 4.79 Å². The maximum atomic E-state index is 12.1. The summed E-state index contributed by atoms with van der Waals surface area (Å²) in [7, 11) is 0. The Labute approximate surface area is 162 Å². The highest BCUT2D eigenvalue weighted by molar-refractivity contribution is 5.81. The average Bonchev–Trinajstić information content (AvgIpc) is 2.65. The molecule has 26 heavy (non-hydrogen) atoms. The number of rotatable bonds is 20. The van der Waals surface area contributed by atoms with Crippen LogP contribution in [-0.2, 0) is 9.53 Å². The molecule has 2 nitrogen and oxygen atoms in total. The maximum absolute atomic E-state index is 12.1. The lowest BCUT2D eigenvalue weighted by molar-refractivity contribution is -0.143. The molecule has 0 saturated heterocycles. The summed E-state index contributed by atoms with van der Waals surface area (Å²) in [5.41, 5.74) is 0. The summed E-state index contributed by atoms with van der Waals surface area (Å²) in [5.74, 6) is -0.318. The lowest BCUT2D eigenvalue weighted by Crippen LogP contribution is -2.17. The third kappa shape index (κ3) is 17.9. The summed E-state index contributed by atoms with van der Waals surface area (Å²) in [4.78, 5) is 11.5. The van der Waals surface area contributed by atoms with E-state index in [0.717, 1.165) is 38.5 Å². The fourth-order valence-electron chi connectivity index (χ4n) is 3.33. The first kappa shape index (κ1) is 25.1. The Morgan fingerprint density at radius 1 is 0.808 bits per heavy atom. The van der Waals surface area contributed by atoms with Crippen molar-refractivity contribution in [3.05, 3.63) is 12.7 Å². The highest BCUT2D eigenvalue weighted by atomic mass is 19.1. The summed E-state index contributed by atoms with van der Waals surface area (Å²) in [6, 6.07) is 0. The molecule has 0 fully saturated rings. The Hall–Kier alpha value is -0.860. The maximum Gasteiger partial charge on any atom is 0.330 e. The molecule has 0 aliphatic heterocycles. The number of carbonyl (C=O) groups is 1. The Kier molecular flexibility index (Phi) is 19.8. The molecule has 0 spiro atoms. The van der Waals surface area contributed by atoms with Crippen LogP contribution in [-0.4, -0.2) is 18.7 Å². The van der Waals surface area contributed by atoms with E-state index in [1.807, 2.05) is 0 Å². The van der Waals surface area contributed by atoms with Gasteiger partial charge in [0.1, 0.15) is 6.10 Å². The lowest BCUT2D eigenvalue weighted by atomic mass is 10.0. The van der Waals surface area contributed by atoms with E-state index in [9.17, 15) is 9.18 Å². The zero-order chi connectivity index (χ0) is 19.3. The molecule has 3 heteroatoms. The molecule has 0 saturated carbocycles. The van der Waals surface area contributed by atoms with Gasteiger partial charge >= 0.3 is 5.97 Å². The van der Waals surface area contributed by atoms with Gasteiger partial charge in [0.05, 0.1) is 6.67 Å². The van der Waals surface area contributed by atoms with Crippen molar-refractivity contribution in [3.63, 3.8) is 0 Å². The summed E-state index contributed by atoms with van der Waals surface area (Å²) in [6.07, 6.45) is 21.3. The van der Waals surface area contributed by atoms with Gasteiger partial charge in [0.25, 0.3) is 0 Å². The first-order chi connectivity index (χ1) is 12.7. The number of hydrogen-bond acceptors (Lipinski definition) is 2. The van der Waals surface area contributed by atoms with Crippen LogP contribution in [0.3, 0.4) is 0 Å². The third-order valence-corrected chi connectivity index (χ3v) is 4.99. The van der Waals surface area contributed by atoms with Gasteiger partial charge in [-0.1, -0.05) is 90.6 Å². The fourth-order valence-corrected chi connectivity index (χ4v) is 3.33. The van der Waals surface area contributed by atoms with Crippen molar-refractivity contribution < 1.29 is 13.9 Å². The number of ether oxygens (including phenoxy) is 1. The zero-order valence-electron chi connectivity index (χ0n) is 17.3. The number of alkyl halides is 1. The van der Waals surface area contributed by atoms with E-state index in [4.69, 9.17) is 4.74 Å². The highest BCUT2D eigenvalue weighted by Gasteiger charge is 2.12. The number of esters is 1. The monoisotopic (exact) mass is 370 g/mol. The predicted octanol–water partition coefficient (Wildman–Crippen LogP) is 7.71. The minimum atomic E-state index is -0.318. The predicted molar refractivity (Wildman–Crippen MR) is 110 cm³/mol. The highest BCUT2D eigenvalue weighted by Crippen LogP contribution is 2.17. The Morgan fingerprint density at radius 3 is 1.65 bits per heavy atom. The molecule has 1 unspecified atom stereocenters. The molecule has 0 aliphatic carbocycles. The lowest BCUT2D eigenvalue weighted by Gasteiger charge is -2.17. The standard InChI is InChI=1S/C23H43FO2/c1-3-5-6-7-8-9-10-11-12-13-16-19-22(26-23(25)4-2)20-17-14-15-18-21-24/h4,22H,2-3,5-21H2,1H3. The molecule has 0 bridgehead atoms. The van der Waals surface area contributed by atoms with Crippen LogP contribution in [0.4, 0.5) is 4.39 Å². The van der Waals surface area contributed by atoms with E-state index in [1.54, 1.807) is 0 Å². The smallest absolute Gasteiger partial charge is 0.330 e. The Bertz CT molecular complexity index is 317. The van der Waals surface area contributed by atoms with Gasteiger partial charge in [-0.3, -0.25) is 4.39 Å². The summed E-state index contributed by atoms with van der Waals surface area (Å²) < 4.78 is 17.6. The molecule has 154 valence electrons. The molecule has 0 aromatic rings. The van der Waals surface area contributed by atoms with Crippen LogP contribution in [0.1, 0.15) is 116 Å². The molecular formula is C23H43FO2. The van der Waals surface area contributed by atoms with Crippen LogP contribution in [0.25, 0.3) is 0 Å². The van der Waals surface area contributed by atoms with Crippen molar-refractivity contribution in [1.82, 2.24) is 0 Å². The first-order valence-electron chi connectivity index (χ1n) is 11.1. The second-order valence-corrected chi connectivity index (χ2v) is 7.48. The SMILES string of the molecule is C=CC(=O)OC(CCCCCCF)CCCCCCCCCCCCC. The van der Waals surface area contributed by atoms with Crippen molar-refractivity contribution in [3.8, 4) is 0 Å². The van der Waals surface area contributed by atoms with E-state index in [1.165, 1.54) is 70.3 Å². The molecule has 0 N–H and O–H groups in total. The van der Waals surface area contributed by atoms with Crippen molar-refractivity contribution in [2.45, 2.75) is 122 Å².